The first-order chi connectivity index (χ1) is 41.8. The second kappa shape index (κ2) is 17.5. The number of para-hydroxylation sites is 4. The highest BCUT2D eigenvalue weighted by Gasteiger charge is 2.33. The predicted octanol–water partition coefficient (Wildman–Crippen LogP) is 23.0. The van der Waals surface area contributed by atoms with Crippen molar-refractivity contribution in [3.63, 3.8) is 0 Å². The normalized spacial score (nSPS) is 12.3. The van der Waals surface area contributed by atoms with Crippen LogP contribution < -0.4 is 9.80 Å². The van der Waals surface area contributed by atoms with Gasteiger partial charge in [0.2, 0.25) is 0 Å². The third-order valence-corrected chi connectivity index (χ3v) is 20.3. The Morgan fingerprint density at radius 3 is 0.988 bits per heavy atom. The van der Waals surface area contributed by atoms with E-state index in [2.05, 4.69) is 298 Å². The molecule has 0 unspecified atom stereocenters. The van der Waals surface area contributed by atoms with Gasteiger partial charge in [-0.3, -0.25) is 0 Å². The highest BCUT2D eigenvalue weighted by Crippen LogP contribution is 2.57. The van der Waals surface area contributed by atoms with E-state index in [9.17, 15) is 0 Å². The first-order valence-corrected chi connectivity index (χ1v) is 30.4. The number of hydrogen-bond acceptors (Lipinski definition) is 4. The van der Waals surface area contributed by atoms with Gasteiger partial charge >= 0.3 is 0 Å². The standard InChI is InChI=1S/C78H46N4S2/c1-5-23-47(24-6-1)67-71-57-37-17-35-55-70-60(80(50-29-11-4-12-30-50)64-44-20-34-54-52-32-14-16-46-66(52)84-78(54)64)40-22-42-62(70)82(73(55)57)76(71)68(48-25-7-2-8-26-48)72-58-38-18-36-56-69-59(39-21-41-61(69)81(74(56)58)75(67)72)79(49-27-9-3-10-28-49)63-43-19-33-53-51-31-13-15-45-65(51)83-77(53)63/h1-46H. The van der Waals surface area contributed by atoms with Crippen LogP contribution in [0, 0.1) is 0 Å². The molecule has 0 amide bonds. The second-order valence-electron chi connectivity index (χ2n) is 22.2. The van der Waals surface area contributed by atoms with E-state index >= 15 is 0 Å². The van der Waals surface area contributed by atoms with E-state index in [0.29, 0.717) is 0 Å². The van der Waals surface area contributed by atoms with Crippen molar-refractivity contribution in [2.45, 2.75) is 0 Å². The third kappa shape index (κ3) is 6.20. The van der Waals surface area contributed by atoms with Crippen LogP contribution in [0.1, 0.15) is 0 Å². The molecule has 0 saturated heterocycles. The Labute approximate surface area is 490 Å². The monoisotopic (exact) mass is 1100 g/mol. The molecule has 0 fully saturated rings. The van der Waals surface area contributed by atoms with Crippen molar-refractivity contribution in [1.29, 1.82) is 0 Å². The lowest BCUT2D eigenvalue weighted by Gasteiger charge is -2.27. The van der Waals surface area contributed by atoms with Crippen molar-refractivity contribution in [2.24, 2.45) is 0 Å². The first-order valence-electron chi connectivity index (χ1n) is 28.8. The van der Waals surface area contributed by atoms with Crippen LogP contribution in [0.2, 0.25) is 0 Å². The largest absolute Gasteiger partial charge is 0.308 e. The fraction of sp³-hybridized carbons (Fsp3) is 0. The van der Waals surface area contributed by atoms with Gasteiger partial charge in [-0.2, -0.15) is 0 Å². The maximum Gasteiger partial charge on any atom is 0.0640 e. The quantitative estimate of drug-likeness (QED) is 0.151. The Morgan fingerprint density at radius 1 is 0.238 bits per heavy atom. The lowest BCUT2D eigenvalue weighted by Crippen LogP contribution is -2.10. The van der Waals surface area contributed by atoms with E-state index < -0.39 is 0 Å². The summed E-state index contributed by atoms with van der Waals surface area (Å²) in [5, 5.41) is 15.0. The van der Waals surface area contributed by atoms with Crippen LogP contribution in [0.5, 0.6) is 0 Å². The van der Waals surface area contributed by atoms with Crippen molar-refractivity contribution in [3.8, 4) is 22.3 Å². The highest BCUT2D eigenvalue weighted by atomic mass is 32.1. The van der Waals surface area contributed by atoms with Crippen molar-refractivity contribution in [2.75, 3.05) is 9.80 Å². The Morgan fingerprint density at radius 2 is 0.560 bits per heavy atom. The predicted molar refractivity (Wildman–Crippen MR) is 362 cm³/mol. The number of nitrogens with zero attached hydrogens (tertiary/aromatic N) is 4. The number of fused-ring (bicyclic) bond motifs is 18. The third-order valence-electron chi connectivity index (χ3n) is 17.9. The molecule has 0 atom stereocenters. The summed E-state index contributed by atoms with van der Waals surface area (Å²) in [5.74, 6) is 0. The molecule has 0 aliphatic carbocycles. The molecule has 0 N–H and O–H groups in total. The van der Waals surface area contributed by atoms with Gasteiger partial charge in [0.15, 0.2) is 0 Å². The van der Waals surface area contributed by atoms with E-state index in [1.165, 1.54) is 150 Å². The van der Waals surface area contributed by atoms with E-state index in [0.717, 1.165) is 22.7 Å². The van der Waals surface area contributed by atoms with Gasteiger partial charge in [-0.25, -0.2) is 0 Å². The molecular formula is C78H46N4S2. The summed E-state index contributed by atoms with van der Waals surface area (Å²) >= 11 is 3.76. The van der Waals surface area contributed by atoms with E-state index in [-0.39, 0.29) is 0 Å². The Balaban J connectivity index is 0.967. The zero-order valence-corrected chi connectivity index (χ0v) is 46.8. The van der Waals surface area contributed by atoms with Crippen LogP contribution >= 0.6 is 22.7 Å². The molecule has 0 bridgehead atoms. The minimum absolute atomic E-state index is 1.12. The average Bonchev–Trinajstić information content (AvgIpc) is 1.61. The molecule has 19 aromatic rings. The van der Waals surface area contributed by atoms with Gasteiger partial charge in [-0.1, -0.05) is 206 Å². The van der Waals surface area contributed by atoms with Crippen LogP contribution in [0.15, 0.2) is 279 Å². The summed E-state index contributed by atoms with van der Waals surface area (Å²) in [6, 6.07) is 104. The zero-order valence-electron chi connectivity index (χ0n) is 45.2. The van der Waals surface area contributed by atoms with Crippen LogP contribution in [-0.4, -0.2) is 8.80 Å². The van der Waals surface area contributed by atoms with Gasteiger partial charge in [0, 0.05) is 96.5 Å². The van der Waals surface area contributed by atoms with Gasteiger partial charge in [0.05, 0.1) is 65.2 Å². The molecule has 0 saturated carbocycles. The molecule has 0 spiro atoms. The number of anilines is 6. The van der Waals surface area contributed by atoms with E-state index in [1.807, 2.05) is 22.7 Å². The molecule has 6 aromatic heterocycles. The summed E-state index contributed by atoms with van der Waals surface area (Å²) in [6.45, 7) is 0. The lowest BCUT2D eigenvalue weighted by molar-refractivity contribution is 1.31. The van der Waals surface area contributed by atoms with Crippen LogP contribution in [0.3, 0.4) is 0 Å². The molecule has 6 heterocycles. The molecule has 4 nitrogen and oxygen atoms in total. The highest BCUT2D eigenvalue weighted by molar-refractivity contribution is 7.26. The van der Waals surface area contributed by atoms with Crippen molar-refractivity contribution in [1.82, 2.24) is 8.80 Å². The maximum absolute atomic E-state index is 2.65. The first kappa shape index (κ1) is 46.1. The Hall–Kier alpha value is -10.5. The number of hydrogen-bond donors (Lipinski definition) is 0. The Bertz CT molecular complexity index is 5490. The second-order valence-corrected chi connectivity index (χ2v) is 24.3. The van der Waals surface area contributed by atoms with Crippen molar-refractivity contribution < 1.29 is 0 Å². The minimum atomic E-state index is 1.12. The summed E-state index contributed by atoms with van der Waals surface area (Å²) in [6.07, 6.45) is 0. The minimum Gasteiger partial charge on any atom is -0.308 e. The number of rotatable bonds is 8. The average molecular weight is 1100 g/mol. The molecule has 84 heavy (non-hydrogen) atoms. The van der Waals surface area contributed by atoms with Gasteiger partial charge in [-0.15, -0.1) is 22.7 Å². The number of aromatic nitrogens is 2. The summed E-state index contributed by atoms with van der Waals surface area (Å²) < 4.78 is 10.4. The van der Waals surface area contributed by atoms with Crippen molar-refractivity contribution in [3.05, 3.63) is 279 Å². The molecule has 0 radical (unpaired) electrons. The molecule has 0 aliphatic rings. The zero-order chi connectivity index (χ0) is 54.7. The van der Waals surface area contributed by atoms with E-state index in [4.69, 9.17) is 0 Å². The topological polar surface area (TPSA) is 15.3 Å². The van der Waals surface area contributed by atoms with Gasteiger partial charge in [0.1, 0.15) is 0 Å². The molecule has 19 rings (SSSR count). The SMILES string of the molecule is c1ccc(-c2c3c4cccc5c6c(N(c7ccccc7)c7cccc8c7sc7ccccc78)cccc6n(c3c(-c3ccccc3)c3c6cccc7c8c(N(c9ccccc9)c9cccc%10c9sc9ccccc9%10)cccc8n(c23)c76)c54)cc1. The fourth-order valence-electron chi connectivity index (χ4n) is 14.7. The van der Waals surface area contributed by atoms with Crippen LogP contribution in [0.25, 0.3) is 139 Å². The number of benzene rings is 13. The van der Waals surface area contributed by atoms with Gasteiger partial charge < -0.3 is 18.6 Å². The summed E-state index contributed by atoms with van der Waals surface area (Å²) in [7, 11) is 0. The number of thiophene rings is 2. The van der Waals surface area contributed by atoms with Gasteiger partial charge in [0.25, 0.3) is 0 Å². The fourth-order valence-corrected chi connectivity index (χ4v) is 17.1. The van der Waals surface area contributed by atoms with Crippen LogP contribution in [0.4, 0.5) is 34.1 Å². The lowest BCUT2D eigenvalue weighted by atomic mass is 9.89. The van der Waals surface area contributed by atoms with Gasteiger partial charge in [-0.05, 0) is 83.9 Å². The smallest absolute Gasteiger partial charge is 0.0640 e. The summed E-state index contributed by atoms with van der Waals surface area (Å²) in [4.78, 5) is 5.04. The maximum atomic E-state index is 2.65. The molecular weight excluding hydrogens is 1060 g/mol. The molecule has 13 aromatic carbocycles. The molecule has 6 heteroatoms. The van der Waals surface area contributed by atoms with Crippen molar-refractivity contribution >= 4 is 173 Å². The van der Waals surface area contributed by atoms with E-state index in [1.54, 1.807) is 0 Å². The van der Waals surface area contributed by atoms with Crippen LogP contribution in [-0.2, 0) is 0 Å². The molecule has 0 aliphatic heterocycles. The molecule has 390 valence electrons. The summed E-state index contributed by atoms with van der Waals surface area (Å²) in [5.41, 5.74) is 19.0. The Kier molecular flexibility index (Phi) is 9.62.